The van der Waals surface area contributed by atoms with Crippen LogP contribution in [-0.4, -0.2) is 17.9 Å². The van der Waals surface area contributed by atoms with Gasteiger partial charge in [-0.05, 0) is 24.1 Å². The van der Waals surface area contributed by atoms with Crippen molar-refractivity contribution in [2.24, 2.45) is 0 Å². The van der Waals surface area contributed by atoms with Crippen molar-refractivity contribution < 1.29 is 9.53 Å². The van der Waals surface area contributed by atoms with Crippen LogP contribution in [0.15, 0.2) is 24.4 Å². The van der Waals surface area contributed by atoms with Crippen molar-refractivity contribution in [1.82, 2.24) is 4.90 Å². The molecule has 16 heavy (non-hydrogen) atoms. The summed E-state index contributed by atoms with van der Waals surface area (Å²) < 4.78 is 5.33. The number of rotatable bonds is 1. The minimum Gasteiger partial charge on any atom is -0.496 e. The number of carbonyl (C=O) groups excluding carboxylic acids is 1. The Morgan fingerprint density at radius 1 is 1.44 bits per heavy atom. The number of fused-ring (bicyclic) bond motifs is 1. The lowest BCUT2D eigenvalue weighted by Crippen LogP contribution is -2.26. The molecule has 0 radical (unpaired) electrons. The molecule has 3 nitrogen and oxygen atoms in total. The van der Waals surface area contributed by atoms with Crippen molar-refractivity contribution in [3.63, 3.8) is 0 Å². The van der Waals surface area contributed by atoms with E-state index in [1.807, 2.05) is 31.3 Å². The van der Waals surface area contributed by atoms with Gasteiger partial charge in [-0.25, -0.2) is 0 Å². The molecule has 1 aromatic rings. The lowest BCUT2D eigenvalue weighted by Gasteiger charge is -2.26. The Bertz CT molecular complexity index is 463. The van der Waals surface area contributed by atoms with Crippen molar-refractivity contribution in [3.8, 4) is 5.75 Å². The molecule has 0 saturated heterocycles. The average Bonchev–Trinajstić information content (AvgIpc) is 2.27. The van der Waals surface area contributed by atoms with Crippen LogP contribution in [0.1, 0.15) is 25.0 Å². The summed E-state index contributed by atoms with van der Waals surface area (Å²) in [6.45, 7) is 4.20. The zero-order chi connectivity index (χ0) is 11.7. The molecule has 0 spiro atoms. The number of benzene rings is 1. The zero-order valence-corrected chi connectivity index (χ0v) is 9.78. The molecule has 0 saturated carbocycles. The van der Waals surface area contributed by atoms with Crippen LogP contribution in [0.2, 0.25) is 0 Å². The molecule has 1 heterocycles. The highest BCUT2D eigenvalue weighted by Gasteiger charge is 2.19. The summed E-state index contributed by atoms with van der Waals surface area (Å²) in [4.78, 5) is 13.1. The molecule has 0 N–H and O–H groups in total. The predicted molar refractivity (Wildman–Crippen MR) is 62.9 cm³/mol. The molecule has 3 heteroatoms. The monoisotopic (exact) mass is 217 g/mol. The van der Waals surface area contributed by atoms with Crippen molar-refractivity contribution in [1.29, 1.82) is 0 Å². The lowest BCUT2D eigenvalue weighted by molar-refractivity contribution is -0.126. The molecule has 1 aliphatic heterocycles. The Morgan fingerprint density at radius 2 is 2.19 bits per heavy atom. The van der Waals surface area contributed by atoms with E-state index >= 15 is 0 Å². The molecule has 2 rings (SSSR count). The van der Waals surface area contributed by atoms with E-state index < -0.39 is 0 Å². The second-order valence-electron chi connectivity index (χ2n) is 3.95. The number of nitrogens with zero attached hydrogens (tertiary/aromatic N) is 1. The van der Waals surface area contributed by atoms with Gasteiger partial charge in [-0.1, -0.05) is 12.1 Å². The van der Waals surface area contributed by atoms with Gasteiger partial charge in [0.25, 0.3) is 0 Å². The SMILES string of the molecule is COc1cccc2c1C(C)=CN(C(C)=O)C2. The van der Waals surface area contributed by atoms with Crippen LogP contribution in [0, 0.1) is 0 Å². The summed E-state index contributed by atoms with van der Waals surface area (Å²) in [6, 6.07) is 5.93. The summed E-state index contributed by atoms with van der Waals surface area (Å²) in [5.74, 6) is 0.933. The molecular formula is C13H15NO2. The Hall–Kier alpha value is -1.77. The highest BCUT2D eigenvalue weighted by Crippen LogP contribution is 2.33. The molecule has 1 aliphatic rings. The third-order valence-corrected chi connectivity index (χ3v) is 2.82. The van der Waals surface area contributed by atoms with Crippen LogP contribution in [0.25, 0.3) is 5.57 Å². The standard InChI is InChI=1S/C13H15NO2/c1-9-7-14(10(2)15)8-11-5-4-6-12(16-3)13(9)11/h4-7H,8H2,1-3H3. The Kier molecular flexibility index (Phi) is 2.69. The molecule has 1 aromatic carbocycles. The fourth-order valence-corrected chi connectivity index (χ4v) is 2.06. The normalized spacial score (nSPS) is 14.2. The summed E-state index contributed by atoms with van der Waals surface area (Å²) in [5.41, 5.74) is 3.31. The van der Waals surface area contributed by atoms with E-state index in [1.165, 1.54) is 0 Å². The Labute approximate surface area is 95.3 Å². The first kappa shape index (κ1) is 10.7. The molecule has 0 atom stereocenters. The van der Waals surface area contributed by atoms with E-state index in [9.17, 15) is 4.79 Å². The van der Waals surface area contributed by atoms with Gasteiger partial charge in [0.15, 0.2) is 0 Å². The molecule has 1 amide bonds. The van der Waals surface area contributed by atoms with Crippen LogP contribution in [-0.2, 0) is 11.3 Å². The van der Waals surface area contributed by atoms with Gasteiger partial charge >= 0.3 is 0 Å². The van der Waals surface area contributed by atoms with Gasteiger partial charge in [0.1, 0.15) is 5.75 Å². The Balaban J connectivity index is 2.51. The van der Waals surface area contributed by atoms with E-state index in [0.717, 1.165) is 22.4 Å². The first-order valence-corrected chi connectivity index (χ1v) is 5.25. The summed E-state index contributed by atoms with van der Waals surface area (Å²) >= 11 is 0. The number of hydrogen-bond donors (Lipinski definition) is 0. The maximum atomic E-state index is 11.4. The largest absolute Gasteiger partial charge is 0.496 e. The van der Waals surface area contributed by atoms with Crippen LogP contribution in [0.5, 0.6) is 5.75 Å². The zero-order valence-electron chi connectivity index (χ0n) is 9.78. The van der Waals surface area contributed by atoms with Crippen LogP contribution in [0.3, 0.4) is 0 Å². The number of hydrogen-bond acceptors (Lipinski definition) is 2. The first-order valence-electron chi connectivity index (χ1n) is 5.25. The van der Waals surface area contributed by atoms with Crippen molar-refractivity contribution in [2.45, 2.75) is 20.4 Å². The first-order chi connectivity index (χ1) is 7.63. The molecule has 0 aliphatic carbocycles. The third-order valence-electron chi connectivity index (χ3n) is 2.82. The van der Waals surface area contributed by atoms with Crippen molar-refractivity contribution >= 4 is 11.5 Å². The number of methoxy groups -OCH3 is 1. The lowest BCUT2D eigenvalue weighted by atomic mass is 9.97. The second-order valence-corrected chi connectivity index (χ2v) is 3.95. The van der Waals surface area contributed by atoms with E-state index in [0.29, 0.717) is 6.54 Å². The van der Waals surface area contributed by atoms with E-state index in [4.69, 9.17) is 4.74 Å². The molecular weight excluding hydrogens is 202 g/mol. The number of carbonyl (C=O) groups is 1. The molecule has 84 valence electrons. The van der Waals surface area contributed by atoms with Gasteiger partial charge in [-0.2, -0.15) is 0 Å². The third kappa shape index (κ3) is 1.69. The quantitative estimate of drug-likeness (QED) is 0.723. The van der Waals surface area contributed by atoms with Gasteiger partial charge < -0.3 is 9.64 Å². The Morgan fingerprint density at radius 3 is 2.81 bits per heavy atom. The topological polar surface area (TPSA) is 29.5 Å². The number of amides is 1. The molecule has 0 aromatic heterocycles. The van der Waals surface area contributed by atoms with E-state index in [1.54, 1.807) is 18.9 Å². The van der Waals surface area contributed by atoms with Gasteiger partial charge in [0, 0.05) is 18.7 Å². The highest BCUT2D eigenvalue weighted by molar-refractivity contribution is 5.81. The average molecular weight is 217 g/mol. The smallest absolute Gasteiger partial charge is 0.223 e. The number of ether oxygens (including phenoxy) is 1. The van der Waals surface area contributed by atoms with Crippen LogP contribution in [0.4, 0.5) is 0 Å². The fourth-order valence-electron chi connectivity index (χ4n) is 2.06. The minimum atomic E-state index is 0.0628. The maximum absolute atomic E-state index is 11.4. The van der Waals surface area contributed by atoms with Gasteiger partial charge in [0.2, 0.25) is 5.91 Å². The van der Waals surface area contributed by atoms with Crippen LogP contribution < -0.4 is 4.74 Å². The summed E-state index contributed by atoms with van der Waals surface area (Å²) in [5, 5.41) is 0. The van der Waals surface area contributed by atoms with E-state index in [-0.39, 0.29) is 5.91 Å². The van der Waals surface area contributed by atoms with Crippen molar-refractivity contribution in [3.05, 3.63) is 35.5 Å². The molecule has 0 fully saturated rings. The van der Waals surface area contributed by atoms with Gasteiger partial charge in [0.05, 0.1) is 13.7 Å². The van der Waals surface area contributed by atoms with Crippen LogP contribution >= 0.6 is 0 Å². The van der Waals surface area contributed by atoms with Gasteiger partial charge in [-0.3, -0.25) is 4.79 Å². The molecule has 0 unspecified atom stereocenters. The predicted octanol–water partition coefficient (Wildman–Crippen LogP) is 2.42. The van der Waals surface area contributed by atoms with Gasteiger partial charge in [-0.15, -0.1) is 0 Å². The minimum absolute atomic E-state index is 0.0628. The summed E-state index contributed by atoms with van der Waals surface area (Å²) in [7, 11) is 1.67. The second kappa shape index (κ2) is 4.00. The maximum Gasteiger partial charge on any atom is 0.223 e. The number of allylic oxidation sites excluding steroid dienone is 1. The molecule has 0 bridgehead atoms. The van der Waals surface area contributed by atoms with E-state index in [2.05, 4.69) is 0 Å². The highest BCUT2D eigenvalue weighted by atomic mass is 16.5. The van der Waals surface area contributed by atoms with Crippen molar-refractivity contribution in [2.75, 3.05) is 7.11 Å². The fraction of sp³-hybridized carbons (Fsp3) is 0.308. The summed E-state index contributed by atoms with van der Waals surface area (Å²) in [6.07, 6.45) is 1.88.